The summed E-state index contributed by atoms with van der Waals surface area (Å²) >= 11 is 12.0. The van der Waals surface area contributed by atoms with Crippen molar-refractivity contribution >= 4 is 62.3 Å². The van der Waals surface area contributed by atoms with Gasteiger partial charge in [-0.2, -0.15) is 0 Å². The number of amides is 2. The second kappa shape index (κ2) is 8.54. The number of imide groups is 1. The van der Waals surface area contributed by atoms with Crippen LogP contribution < -0.4 is 14.9 Å². The van der Waals surface area contributed by atoms with Gasteiger partial charge >= 0.3 is 0 Å². The van der Waals surface area contributed by atoms with Gasteiger partial charge in [0, 0.05) is 16.3 Å². The molecule has 4 rings (SSSR count). The van der Waals surface area contributed by atoms with Crippen molar-refractivity contribution < 1.29 is 22.5 Å². The molecule has 33 heavy (non-hydrogen) atoms. The largest absolute Gasteiger partial charge is 0.350 e. The Bertz CT molecular complexity index is 1400. The molecule has 12 heteroatoms. The SMILES string of the molecule is Cc1noc(NS(=O)(=O)c2ccc(NC3=C(Cl)C(=O)N(c4ccc(Cl)cc4)C3=O)cc2)c1C. The third-order valence-electron chi connectivity index (χ3n) is 4.93. The first kappa shape index (κ1) is 22.8. The van der Waals surface area contributed by atoms with E-state index in [0.717, 1.165) is 4.90 Å². The summed E-state index contributed by atoms with van der Waals surface area (Å²) in [6, 6.07) is 11.7. The van der Waals surface area contributed by atoms with E-state index in [2.05, 4.69) is 15.2 Å². The second-order valence-corrected chi connectivity index (χ2v) is 9.58. The molecule has 0 fully saturated rings. The third-order valence-corrected chi connectivity index (χ3v) is 6.88. The predicted octanol–water partition coefficient (Wildman–Crippen LogP) is 4.18. The molecule has 1 aliphatic heterocycles. The van der Waals surface area contributed by atoms with Crippen LogP contribution >= 0.6 is 23.2 Å². The summed E-state index contributed by atoms with van der Waals surface area (Å²) in [4.78, 5) is 26.2. The van der Waals surface area contributed by atoms with Crippen molar-refractivity contribution in [3.63, 3.8) is 0 Å². The number of sulfonamides is 1. The number of benzene rings is 2. The fourth-order valence-corrected chi connectivity index (χ4v) is 4.37. The van der Waals surface area contributed by atoms with E-state index in [9.17, 15) is 18.0 Å². The lowest BCUT2D eigenvalue weighted by molar-refractivity contribution is -0.120. The molecule has 0 saturated heterocycles. The number of rotatable bonds is 6. The molecule has 3 aromatic rings. The molecule has 1 aromatic heterocycles. The standard InChI is InChI=1S/C21H16Cl2N4O5S/c1-11-12(2)25-32-19(11)26-33(30,31)16-9-5-14(6-10-16)24-18-17(23)20(28)27(21(18)29)15-7-3-13(22)4-8-15/h3-10,24,26H,1-2H3. The number of hydrogen-bond acceptors (Lipinski definition) is 7. The van der Waals surface area contributed by atoms with Crippen LogP contribution in [0.4, 0.5) is 17.3 Å². The number of hydrogen-bond donors (Lipinski definition) is 2. The zero-order chi connectivity index (χ0) is 23.9. The molecule has 9 nitrogen and oxygen atoms in total. The monoisotopic (exact) mass is 506 g/mol. The fraction of sp³-hybridized carbons (Fsp3) is 0.0952. The molecule has 0 unspecified atom stereocenters. The Morgan fingerprint density at radius 1 is 0.939 bits per heavy atom. The second-order valence-electron chi connectivity index (χ2n) is 7.09. The molecule has 1 aliphatic rings. The maximum atomic E-state index is 12.8. The highest BCUT2D eigenvalue weighted by Crippen LogP contribution is 2.31. The highest BCUT2D eigenvalue weighted by molar-refractivity contribution is 7.92. The van der Waals surface area contributed by atoms with E-state index in [1.54, 1.807) is 26.0 Å². The topological polar surface area (TPSA) is 122 Å². The van der Waals surface area contributed by atoms with Gasteiger partial charge in [-0.3, -0.25) is 9.59 Å². The van der Waals surface area contributed by atoms with E-state index in [-0.39, 0.29) is 21.5 Å². The normalized spacial score (nSPS) is 14.2. The first-order chi connectivity index (χ1) is 15.6. The van der Waals surface area contributed by atoms with E-state index in [1.165, 1.54) is 36.4 Å². The smallest absolute Gasteiger partial charge is 0.283 e. The number of anilines is 3. The van der Waals surface area contributed by atoms with Crippen LogP contribution in [0.25, 0.3) is 0 Å². The summed E-state index contributed by atoms with van der Waals surface area (Å²) in [5.41, 5.74) is 1.69. The van der Waals surface area contributed by atoms with Gasteiger partial charge in [-0.15, -0.1) is 0 Å². The van der Waals surface area contributed by atoms with Crippen LogP contribution in [0.1, 0.15) is 11.3 Å². The summed E-state index contributed by atoms with van der Waals surface area (Å²) in [5.74, 6) is -1.31. The molecule has 170 valence electrons. The van der Waals surface area contributed by atoms with Gasteiger partial charge in [-0.05, 0) is 62.4 Å². The molecule has 2 N–H and O–H groups in total. The van der Waals surface area contributed by atoms with Crippen molar-refractivity contribution in [3.8, 4) is 0 Å². The van der Waals surface area contributed by atoms with Crippen molar-refractivity contribution in [1.82, 2.24) is 5.16 Å². The molecule has 2 aromatic carbocycles. The Kier molecular flexibility index (Phi) is 5.91. The lowest BCUT2D eigenvalue weighted by atomic mass is 10.3. The predicted molar refractivity (Wildman–Crippen MR) is 124 cm³/mol. The molecule has 2 amide bonds. The molecule has 0 atom stereocenters. The van der Waals surface area contributed by atoms with Crippen molar-refractivity contribution in [2.75, 3.05) is 14.9 Å². The number of carbonyl (C=O) groups excluding carboxylic acids is 2. The zero-order valence-corrected chi connectivity index (χ0v) is 19.5. The minimum Gasteiger partial charge on any atom is -0.350 e. The maximum absolute atomic E-state index is 12.8. The minimum absolute atomic E-state index is 0.0315. The quantitative estimate of drug-likeness (QED) is 0.480. The summed E-state index contributed by atoms with van der Waals surface area (Å²) in [6.07, 6.45) is 0. The number of aromatic nitrogens is 1. The Hall–Kier alpha value is -3.34. The number of halogens is 2. The van der Waals surface area contributed by atoms with Gasteiger partial charge in [-0.25, -0.2) is 18.0 Å². The zero-order valence-electron chi connectivity index (χ0n) is 17.2. The first-order valence-corrected chi connectivity index (χ1v) is 11.7. The van der Waals surface area contributed by atoms with E-state index in [1.807, 2.05) is 0 Å². The number of aryl methyl sites for hydroxylation is 1. The third kappa shape index (κ3) is 4.32. The van der Waals surface area contributed by atoms with Gasteiger partial charge in [0.15, 0.2) is 0 Å². The van der Waals surface area contributed by atoms with Crippen LogP contribution in [0.3, 0.4) is 0 Å². The average Bonchev–Trinajstić information content (AvgIpc) is 3.20. The molecule has 0 saturated carbocycles. The van der Waals surface area contributed by atoms with Crippen molar-refractivity contribution in [2.24, 2.45) is 0 Å². The van der Waals surface area contributed by atoms with Crippen LogP contribution in [-0.4, -0.2) is 25.4 Å². The Balaban J connectivity index is 1.53. The van der Waals surface area contributed by atoms with Gasteiger partial charge < -0.3 is 9.84 Å². The Labute approximate surface area is 199 Å². The highest BCUT2D eigenvalue weighted by Gasteiger charge is 2.39. The number of nitrogens with one attached hydrogen (secondary N) is 2. The van der Waals surface area contributed by atoms with Crippen molar-refractivity contribution in [1.29, 1.82) is 0 Å². The van der Waals surface area contributed by atoms with Gasteiger partial charge in [0.1, 0.15) is 10.7 Å². The summed E-state index contributed by atoms with van der Waals surface area (Å²) in [5, 5.41) is 6.67. The van der Waals surface area contributed by atoms with Crippen LogP contribution in [-0.2, 0) is 19.6 Å². The van der Waals surface area contributed by atoms with Crippen LogP contribution in [0.2, 0.25) is 5.02 Å². The molecule has 0 radical (unpaired) electrons. The van der Waals surface area contributed by atoms with Crippen LogP contribution in [0.5, 0.6) is 0 Å². The summed E-state index contributed by atoms with van der Waals surface area (Å²) in [6.45, 7) is 3.38. The van der Waals surface area contributed by atoms with Crippen LogP contribution in [0.15, 0.2) is 68.7 Å². The lowest BCUT2D eigenvalue weighted by Crippen LogP contribution is -2.32. The Morgan fingerprint density at radius 3 is 2.15 bits per heavy atom. The minimum atomic E-state index is -3.93. The first-order valence-electron chi connectivity index (χ1n) is 9.45. The van der Waals surface area contributed by atoms with Crippen molar-refractivity contribution in [2.45, 2.75) is 18.7 Å². The van der Waals surface area contributed by atoms with Crippen molar-refractivity contribution in [3.05, 3.63) is 75.5 Å². The number of carbonyl (C=O) groups is 2. The summed E-state index contributed by atoms with van der Waals surface area (Å²) < 4.78 is 32.6. The molecule has 2 heterocycles. The Morgan fingerprint density at radius 2 is 1.58 bits per heavy atom. The average molecular weight is 507 g/mol. The van der Waals surface area contributed by atoms with E-state index < -0.39 is 21.8 Å². The molecular weight excluding hydrogens is 491 g/mol. The fourth-order valence-electron chi connectivity index (χ4n) is 2.99. The molecular formula is C21H16Cl2N4O5S. The summed E-state index contributed by atoms with van der Waals surface area (Å²) in [7, 11) is -3.93. The maximum Gasteiger partial charge on any atom is 0.283 e. The molecule has 0 spiro atoms. The van der Waals surface area contributed by atoms with E-state index in [0.29, 0.717) is 27.7 Å². The van der Waals surface area contributed by atoms with Gasteiger partial charge in [0.05, 0.1) is 16.3 Å². The molecule has 0 aliphatic carbocycles. The van der Waals surface area contributed by atoms with E-state index >= 15 is 0 Å². The van der Waals surface area contributed by atoms with Gasteiger partial charge in [0.2, 0.25) is 5.88 Å². The van der Waals surface area contributed by atoms with Crippen LogP contribution in [0, 0.1) is 13.8 Å². The number of nitrogens with zero attached hydrogens (tertiary/aromatic N) is 2. The lowest BCUT2D eigenvalue weighted by Gasteiger charge is -2.15. The van der Waals surface area contributed by atoms with Gasteiger partial charge in [-0.1, -0.05) is 28.4 Å². The van der Waals surface area contributed by atoms with Gasteiger partial charge in [0.25, 0.3) is 21.8 Å². The highest BCUT2D eigenvalue weighted by atomic mass is 35.5. The molecule has 0 bridgehead atoms. The van der Waals surface area contributed by atoms with E-state index in [4.69, 9.17) is 27.7 Å².